The molecule has 6 rings (SSSR count). The van der Waals surface area contributed by atoms with Crippen LogP contribution in [0.3, 0.4) is 0 Å². The van der Waals surface area contributed by atoms with Gasteiger partial charge in [-0.15, -0.1) is 0 Å². The van der Waals surface area contributed by atoms with Gasteiger partial charge in [0.15, 0.2) is 5.79 Å². The molecule has 0 aromatic heterocycles. The molecule has 1 spiro atoms. The summed E-state index contributed by atoms with van der Waals surface area (Å²) in [5.41, 5.74) is 2.66. The average molecular weight is 545 g/mol. The zero-order chi connectivity index (χ0) is 26.8. The number of ether oxygens (including phenoxy) is 2. The lowest BCUT2D eigenvalue weighted by atomic mass is 9.47. The van der Waals surface area contributed by atoms with E-state index in [0.717, 1.165) is 50.5 Å². The summed E-state index contributed by atoms with van der Waals surface area (Å²) >= 11 is 0. The Kier molecular flexibility index (Phi) is 6.87. The highest BCUT2D eigenvalue weighted by Crippen LogP contribution is 2.67. The van der Waals surface area contributed by atoms with E-state index in [-0.39, 0.29) is 28.4 Å². The van der Waals surface area contributed by atoms with E-state index in [1.807, 2.05) is 6.92 Å². The second kappa shape index (κ2) is 9.69. The molecule has 0 radical (unpaired) electrons. The van der Waals surface area contributed by atoms with Crippen LogP contribution in [0.1, 0.15) is 77.2 Å². The Morgan fingerprint density at radius 1 is 1.08 bits per heavy atom. The minimum Gasteiger partial charge on any atom is -0.393 e. The van der Waals surface area contributed by atoms with Gasteiger partial charge in [0.1, 0.15) is 0 Å². The van der Waals surface area contributed by atoms with Gasteiger partial charge >= 0.3 is 0 Å². The average Bonchev–Trinajstić information content (AvgIpc) is 3.44. The summed E-state index contributed by atoms with van der Waals surface area (Å²) in [7, 11) is -3.75. The van der Waals surface area contributed by atoms with Gasteiger partial charge in [-0.05, 0) is 98.5 Å². The van der Waals surface area contributed by atoms with E-state index in [4.69, 9.17) is 13.7 Å². The van der Waals surface area contributed by atoms with Gasteiger partial charge < -0.3 is 14.6 Å². The van der Waals surface area contributed by atoms with Crippen molar-refractivity contribution in [3.8, 4) is 0 Å². The van der Waals surface area contributed by atoms with E-state index >= 15 is 0 Å². The third kappa shape index (κ3) is 4.41. The fourth-order valence-corrected chi connectivity index (χ4v) is 10.1. The molecular weight excluding hydrogens is 500 g/mol. The summed E-state index contributed by atoms with van der Waals surface area (Å²) in [4.78, 5) is 0.211. The van der Waals surface area contributed by atoms with Crippen LogP contribution >= 0.6 is 0 Å². The van der Waals surface area contributed by atoms with E-state index in [1.165, 1.54) is 12.0 Å². The molecule has 1 N–H and O–H groups in total. The van der Waals surface area contributed by atoms with Crippen LogP contribution in [-0.2, 0) is 23.8 Å². The number of hydrogen-bond acceptors (Lipinski definition) is 6. The Hall–Kier alpha value is -1.25. The van der Waals surface area contributed by atoms with E-state index in [1.54, 1.807) is 24.3 Å². The molecule has 1 aromatic rings. The van der Waals surface area contributed by atoms with Gasteiger partial charge in [0.2, 0.25) is 0 Å². The molecule has 1 aromatic carbocycles. The number of hydrogen-bond donors (Lipinski definition) is 1. The minimum atomic E-state index is -3.75. The third-order valence-corrected chi connectivity index (χ3v) is 12.6. The van der Waals surface area contributed by atoms with Crippen molar-refractivity contribution in [1.82, 2.24) is 0 Å². The molecule has 0 amide bonds. The summed E-state index contributed by atoms with van der Waals surface area (Å²) in [6, 6.07) is 6.80. The van der Waals surface area contributed by atoms with Crippen LogP contribution in [0.25, 0.3) is 0 Å². The summed E-state index contributed by atoms with van der Waals surface area (Å²) < 4.78 is 42.9. The number of rotatable bonds is 6. The summed E-state index contributed by atoms with van der Waals surface area (Å²) in [6.45, 7) is 8.31. The van der Waals surface area contributed by atoms with Crippen LogP contribution in [0, 0.1) is 41.4 Å². The van der Waals surface area contributed by atoms with Crippen LogP contribution in [-0.4, -0.2) is 45.2 Å². The number of fused-ring (bicyclic) bond motifs is 5. The number of aliphatic hydroxyl groups excluding tert-OH is 1. The first-order valence-electron chi connectivity index (χ1n) is 14.7. The second-order valence-electron chi connectivity index (χ2n) is 13.3. The third-order valence-electron chi connectivity index (χ3n) is 11.3. The van der Waals surface area contributed by atoms with E-state index in [2.05, 4.69) is 19.9 Å². The van der Waals surface area contributed by atoms with Crippen LogP contribution in [0.5, 0.6) is 0 Å². The molecule has 1 heterocycles. The number of benzene rings is 1. The lowest BCUT2D eigenvalue weighted by Gasteiger charge is -2.59. The van der Waals surface area contributed by atoms with Crippen LogP contribution in [0.4, 0.5) is 0 Å². The molecule has 5 aliphatic rings. The maximum atomic E-state index is 12.6. The molecule has 7 heteroatoms. The number of aliphatic hydroxyl groups is 1. The number of aryl methyl sites for hydroxylation is 1. The van der Waals surface area contributed by atoms with Gasteiger partial charge in [-0.1, -0.05) is 43.2 Å². The fourth-order valence-electron chi connectivity index (χ4n) is 9.19. The zero-order valence-corrected chi connectivity index (χ0v) is 24.0. The maximum Gasteiger partial charge on any atom is 0.296 e. The summed E-state index contributed by atoms with van der Waals surface area (Å²) in [5, 5.41) is 11.3. The first-order chi connectivity index (χ1) is 18.1. The van der Waals surface area contributed by atoms with E-state index < -0.39 is 15.9 Å². The standard InChI is InChI=1S/C31H44O6S/c1-21-6-9-24(10-7-21)38(33,34)37-16-4-5-22-19-27(32)30(3)13-12-26-25(28(22)30)11-8-23-20-31(35-17-18-36-31)15-14-29(23,26)2/h6-10,22,25-28,32H,4-5,11-20H2,1-3H3/t22-,25+,26-,27-,28-,29-,30+/m0/s1. The predicted octanol–water partition coefficient (Wildman–Crippen LogP) is 5.77. The van der Waals surface area contributed by atoms with E-state index in [9.17, 15) is 13.5 Å². The van der Waals surface area contributed by atoms with Gasteiger partial charge in [0.25, 0.3) is 10.1 Å². The topological polar surface area (TPSA) is 82.1 Å². The first kappa shape index (κ1) is 26.9. The molecule has 210 valence electrons. The van der Waals surface area contributed by atoms with Gasteiger partial charge in [0, 0.05) is 12.8 Å². The molecule has 1 saturated heterocycles. The zero-order valence-electron chi connectivity index (χ0n) is 23.2. The molecule has 4 fully saturated rings. The minimum absolute atomic E-state index is 0.0596. The Labute approximate surface area is 228 Å². The van der Waals surface area contributed by atoms with Crippen molar-refractivity contribution in [2.75, 3.05) is 19.8 Å². The molecule has 4 aliphatic carbocycles. The van der Waals surface area contributed by atoms with Crippen molar-refractivity contribution >= 4 is 10.1 Å². The molecule has 6 nitrogen and oxygen atoms in total. The highest BCUT2D eigenvalue weighted by Gasteiger charge is 2.62. The molecule has 3 saturated carbocycles. The summed E-state index contributed by atoms with van der Waals surface area (Å²) in [6.07, 6.45) is 10.9. The molecule has 38 heavy (non-hydrogen) atoms. The van der Waals surface area contributed by atoms with Gasteiger partial charge in [0.05, 0.1) is 30.8 Å². The van der Waals surface area contributed by atoms with Crippen LogP contribution < -0.4 is 0 Å². The Bertz CT molecular complexity index is 1170. The highest BCUT2D eigenvalue weighted by molar-refractivity contribution is 7.86. The quantitative estimate of drug-likeness (QED) is 0.278. The normalized spacial score (nSPS) is 39.9. The van der Waals surface area contributed by atoms with Crippen LogP contribution in [0.15, 0.2) is 40.8 Å². The lowest BCUT2D eigenvalue weighted by molar-refractivity contribution is -0.186. The van der Waals surface area contributed by atoms with Crippen molar-refractivity contribution in [3.63, 3.8) is 0 Å². The van der Waals surface area contributed by atoms with Crippen molar-refractivity contribution in [1.29, 1.82) is 0 Å². The Balaban J connectivity index is 1.15. The second-order valence-corrected chi connectivity index (χ2v) is 14.9. The Morgan fingerprint density at radius 2 is 1.82 bits per heavy atom. The predicted molar refractivity (Wildman–Crippen MR) is 145 cm³/mol. The van der Waals surface area contributed by atoms with Crippen molar-refractivity contribution in [3.05, 3.63) is 41.5 Å². The Morgan fingerprint density at radius 3 is 2.55 bits per heavy atom. The monoisotopic (exact) mass is 544 g/mol. The molecule has 1 aliphatic heterocycles. The largest absolute Gasteiger partial charge is 0.393 e. The fraction of sp³-hybridized carbons (Fsp3) is 0.742. The SMILES string of the molecule is Cc1ccc(S(=O)(=O)OCCC[C@H]2C[C@H](O)[C@@]3(C)CC[C@H]4[C@@H](CC=C5CC6(CC[C@@]54C)OCCO6)[C@H]23)cc1. The molecule has 0 unspecified atom stereocenters. The number of allylic oxidation sites excluding steroid dienone is 1. The first-order valence-corrected chi connectivity index (χ1v) is 16.1. The van der Waals surface area contributed by atoms with E-state index in [0.29, 0.717) is 43.3 Å². The van der Waals surface area contributed by atoms with Gasteiger partial charge in [-0.25, -0.2) is 0 Å². The smallest absolute Gasteiger partial charge is 0.296 e. The summed E-state index contributed by atoms with van der Waals surface area (Å²) in [5.74, 6) is 1.62. The van der Waals surface area contributed by atoms with Crippen LogP contribution in [0.2, 0.25) is 0 Å². The van der Waals surface area contributed by atoms with Crippen molar-refractivity contribution in [2.24, 2.45) is 34.5 Å². The van der Waals surface area contributed by atoms with Gasteiger partial charge in [-0.2, -0.15) is 8.42 Å². The molecular formula is C31H44O6S. The van der Waals surface area contributed by atoms with Crippen molar-refractivity contribution < 1.29 is 27.2 Å². The molecule has 0 bridgehead atoms. The molecule has 7 atom stereocenters. The lowest BCUT2D eigenvalue weighted by Crippen LogP contribution is -2.53. The maximum absolute atomic E-state index is 12.6. The van der Waals surface area contributed by atoms with Crippen molar-refractivity contribution in [2.45, 2.75) is 95.3 Å². The van der Waals surface area contributed by atoms with Gasteiger partial charge in [-0.3, -0.25) is 4.18 Å². The highest BCUT2D eigenvalue weighted by atomic mass is 32.2.